The van der Waals surface area contributed by atoms with Crippen molar-refractivity contribution in [1.29, 1.82) is 0 Å². The van der Waals surface area contributed by atoms with Gasteiger partial charge in [0.25, 0.3) is 11.8 Å². The molecule has 7 nitrogen and oxygen atoms in total. The van der Waals surface area contributed by atoms with Gasteiger partial charge in [-0.1, -0.05) is 18.2 Å². The van der Waals surface area contributed by atoms with Gasteiger partial charge in [-0.05, 0) is 60.5 Å². The van der Waals surface area contributed by atoms with Gasteiger partial charge in [0.15, 0.2) is 0 Å². The topological polar surface area (TPSA) is 78.4 Å². The maximum Gasteiger partial charge on any atom is 0.255 e. The van der Waals surface area contributed by atoms with Crippen LogP contribution in [-0.4, -0.2) is 57.8 Å². The third kappa shape index (κ3) is 4.72. The van der Waals surface area contributed by atoms with Crippen molar-refractivity contribution in [1.82, 2.24) is 19.8 Å². The first-order valence-electron chi connectivity index (χ1n) is 11.0. The van der Waals surface area contributed by atoms with Crippen LogP contribution in [0.15, 0.2) is 90.2 Å². The fraction of sp³-hybridized carbons (Fsp3) is 0.154. The Bertz CT molecular complexity index is 1300. The van der Waals surface area contributed by atoms with E-state index in [2.05, 4.69) is 14.7 Å². The fourth-order valence-corrected chi connectivity index (χ4v) is 4.70. The normalized spacial score (nSPS) is 13.6. The van der Waals surface area contributed by atoms with Crippen LogP contribution in [0.4, 0.5) is 5.69 Å². The molecule has 1 aliphatic heterocycles. The van der Waals surface area contributed by atoms with Gasteiger partial charge in [0.05, 0.1) is 16.0 Å². The number of hydrogen-bond donors (Lipinski definition) is 1. The van der Waals surface area contributed by atoms with Gasteiger partial charge in [-0.2, -0.15) is 0 Å². The highest BCUT2D eigenvalue weighted by Gasteiger charge is 2.25. The van der Waals surface area contributed by atoms with Crippen LogP contribution in [0.2, 0.25) is 0 Å². The lowest BCUT2D eigenvalue weighted by atomic mass is 10.1. The van der Waals surface area contributed by atoms with Gasteiger partial charge >= 0.3 is 0 Å². The van der Waals surface area contributed by atoms with E-state index in [9.17, 15) is 9.59 Å². The van der Waals surface area contributed by atoms with Crippen molar-refractivity contribution < 1.29 is 9.59 Å². The second-order valence-corrected chi connectivity index (χ2v) is 8.79. The van der Waals surface area contributed by atoms with E-state index in [0.29, 0.717) is 37.3 Å². The second kappa shape index (κ2) is 9.93. The summed E-state index contributed by atoms with van der Waals surface area (Å²) in [5.41, 5.74) is 3.06. The van der Waals surface area contributed by atoms with Gasteiger partial charge in [0.2, 0.25) is 0 Å². The number of benzene rings is 2. The van der Waals surface area contributed by atoms with E-state index in [4.69, 9.17) is 0 Å². The summed E-state index contributed by atoms with van der Waals surface area (Å²) < 4.78 is 3.34. The van der Waals surface area contributed by atoms with Crippen molar-refractivity contribution in [2.24, 2.45) is 0 Å². The van der Waals surface area contributed by atoms with Crippen LogP contribution >= 0.6 is 11.9 Å². The number of hydrogen-bond acceptors (Lipinski definition) is 6. The van der Waals surface area contributed by atoms with Gasteiger partial charge in [0.1, 0.15) is 0 Å². The van der Waals surface area contributed by atoms with E-state index < -0.39 is 0 Å². The molecule has 0 spiro atoms. The number of para-hydroxylation sites is 1. The van der Waals surface area contributed by atoms with Gasteiger partial charge in [-0.15, -0.1) is 0 Å². The number of pyridine rings is 2. The first kappa shape index (κ1) is 21.9. The molecule has 2 amide bonds. The van der Waals surface area contributed by atoms with Crippen LogP contribution in [-0.2, 0) is 0 Å². The number of fused-ring (bicyclic) bond motifs is 1. The summed E-state index contributed by atoms with van der Waals surface area (Å²) in [7, 11) is 0. The molecule has 3 heterocycles. The number of nitrogens with zero attached hydrogens (tertiary/aromatic N) is 4. The van der Waals surface area contributed by atoms with Crippen molar-refractivity contribution in [2.75, 3.05) is 30.9 Å². The molecule has 1 N–H and O–H groups in total. The minimum absolute atomic E-state index is 0.0223. The van der Waals surface area contributed by atoms with Gasteiger partial charge in [0, 0.05) is 61.4 Å². The minimum atomic E-state index is -0.0467. The van der Waals surface area contributed by atoms with Crippen LogP contribution in [0, 0.1) is 0 Å². The summed E-state index contributed by atoms with van der Waals surface area (Å²) in [6.45, 7) is 2.03. The molecule has 0 bridgehead atoms. The zero-order valence-electron chi connectivity index (χ0n) is 18.4. The monoisotopic (exact) mass is 469 g/mol. The van der Waals surface area contributed by atoms with Gasteiger partial charge < -0.3 is 14.5 Å². The highest BCUT2D eigenvalue weighted by atomic mass is 32.2. The highest BCUT2D eigenvalue weighted by molar-refractivity contribution is 8.00. The number of piperazine rings is 1. The zero-order valence-corrected chi connectivity index (χ0v) is 19.2. The standard InChI is InChI=1S/C26H23N5O2S/c32-25(30-14-16-31(17-15-30)26(33)21-6-2-12-27-18-21)20-8-10-22(11-9-20)29-34-23-7-1-4-19-5-3-13-28-24(19)23/h1-13,18,29H,14-17H2. The van der Waals surface area contributed by atoms with Gasteiger partial charge in [-0.25, -0.2) is 0 Å². The van der Waals surface area contributed by atoms with E-state index in [1.807, 2.05) is 54.6 Å². The predicted molar refractivity (Wildman–Crippen MR) is 134 cm³/mol. The highest BCUT2D eigenvalue weighted by Crippen LogP contribution is 2.27. The summed E-state index contributed by atoms with van der Waals surface area (Å²) in [6, 6.07) is 21.0. The summed E-state index contributed by atoms with van der Waals surface area (Å²) in [4.78, 5) is 38.6. The number of rotatable bonds is 5. The number of aromatic nitrogens is 2. The Morgan fingerprint density at radius 1 is 0.765 bits per heavy atom. The zero-order chi connectivity index (χ0) is 23.3. The largest absolute Gasteiger partial charge is 0.335 e. The number of amides is 2. The Morgan fingerprint density at radius 2 is 1.44 bits per heavy atom. The minimum Gasteiger partial charge on any atom is -0.335 e. The molecule has 5 rings (SSSR count). The van der Waals surface area contributed by atoms with Crippen LogP contribution in [0.5, 0.6) is 0 Å². The van der Waals surface area contributed by atoms with Crippen molar-refractivity contribution in [2.45, 2.75) is 4.90 Å². The van der Waals surface area contributed by atoms with Crippen LogP contribution < -0.4 is 4.72 Å². The lowest BCUT2D eigenvalue weighted by Crippen LogP contribution is -2.50. The predicted octanol–water partition coefficient (Wildman–Crippen LogP) is 4.35. The first-order valence-corrected chi connectivity index (χ1v) is 11.9. The molecule has 1 aliphatic rings. The van der Waals surface area contributed by atoms with Gasteiger partial charge in [-0.3, -0.25) is 19.6 Å². The molecule has 4 aromatic rings. The smallest absolute Gasteiger partial charge is 0.255 e. The van der Waals surface area contributed by atoms with E-state index in [-0.39, 0.29) is 11.8 Å². The third-order valence-electron chi connectivity index (χ3n) is 5.77. The number of nitrogens with one attached hydrogen (secondary N) is 1. The molecule has 170 valence electrons. The van der Waals surface area contributed by atoms with Crippen molar-refractivity contribution in [3.05, 3.63) is 96.4 Å². The Morgan fingerprint density at radius 3 is 2.15 bits per heavy atom. The lowest BCUT2D eigenvalue weighted by Gasteiger charge is -2.34. The molecule has 0 saturated carbocycles. The van der Waals surface area contributed by atoms with E-state index in [1.54, 1.807) is 40.5 Å². The number of anilines is 1. The van der Waals surface area contributed by atoms with Crippen LogP contribution in [0.1, 0.15) is 20.7 Å². The molecule has 0 radical (unpaired) electrons. The summed E-state index contributed by atoms with van der Waals surface area (Å²) in [5.74, 6) is -0.0690. The van der Waals surface area contributed by atoms with E-state index in [1.165, 1.54) is 11.9 Å². The third-order valence-corrected chi connectivity index (χ3v) is 6.66. The first-order chi connectivity index (χ1) is 16.7. The lowest BCUT2D eigenvalue weighted by molar-refractivity contribution is 0.0535. The molecule has 8 heteroatoms. The maximum absolute atomic E-state index is 13.0. The molecule has 1 saturated heterocycles. The van der Waals surface area contributed by atoms with Crippen LogP contribution in [0.25, 0.3) is 10.9 Å². The summed E-state index contributed by atoms with van der Waals surface area (Å²) in [6.07, 6.45) is 5.01. The molecular formula is C26H23N5O2S. The SMILES string of the molecule is O=C(c1ccc(NSc2cccc3cccnc23)cc1)N1CCN(C(=O)c2cccnc2)CC1. The molecule has 34 heavy (non-hydrogen) atoms. The average Bonchev–Trinajstić information content (AvgIpc) is 2.92. The maximum atomic E-state index is 13.0. The molecule has 0 unspecified atom stereocenters. The van der Waals surface area contributed by atoms with Crippen molar-refractivity contribution >= 4 is 40.4 Å². The molecule has 1 fully saturated rings. The fourth-order valence-electron chi connectivity index (χ4n) is 3.92. The molecular weight excluding hydrogens is 446 g/mol. The number of carbonyl (C=O) groups is 2. The van der Waals surface area contributed by atoms with Crippen molar-refractivity contribution in [3.63, 3.8) is 0 Å². The van der Waals surface area contributed by atoms with E-state index in [0.717, 1.165) is 21.5 Å². The molecule has 0 atom stereocenters. The van der Waals surface area contributed by atoms with E-state index >= 15 is 0 Å². The van der Waals surface area contributed by atoms with Crippen LogP contribution in [0.3, 0.4) is 0 Å². The van der Waals surface area contributed by atoms with Crippen molar-refractivity contribution in [3.8, 4) is 0 Å². The Balaban J connectivity index is 1.17. The Kier molecular flexibility index (Phi) is 6.40. The summed E-state index contributed by atoms with van der Waals surface area (Å²) >= 11 is 1.50. The summed E-state index contributed by atoms with van der Waals surface area (Å²) in [5, 5.41) is 1.09. The Hall–Kier alpha value is -3.91. The second-order valence-electron chi connectivity index (χ2n) is 7.94. The average molecular weight is 470 g/mol. The Labute approximate surface area is 202 Å². The molecule has 2 aromatic heterocycles. The quantitative estimate of drug-likeness (QED) is 0.438. The molecule has 2 aromatic carbocycles. The molecule has 0 aliphatic carbocycles. The number of carbonyl (C=O) groups excluding carboxylic acids is 2.